The van der Waals surface area contributed by atoms with Crippen LogP contribution in [0.1, 0.15) is 0 Å². The van der Waals surface area contributed by atoms with E-state index in [2.05, 4.69) is 4.52 Å². The van der Waals surface area contributed by atoms with Gasteiger partial charge in [0.1, 0.15) is 6.10 Å². The molecular formula is C3H9MnO6P+2. The van der Waals surface area contributed by atoms with Crippen molar-refractivity contribution in [2.45, 2.75) is 6.10 Å². The third-order valence-electron chi connectivity index (χ3n) is 0.646. The van der Waals surface area contributed by atoms with Gasteiger partial charge in [0, 0.05) is 0 Å². The van der Waals surface area contributed by atoms with Gasteiger partial charge in [-0.1, -0.05) is 0 Å². The Bertz CT molecular complexity index is 134. The van der Waals surface area contributed by atoms with Gasteiger partial charge >= 0.3 is 24.9 Å². The van der Waals surface area contributed by atoms with Gasteiger partial charge in [0.2, 0.25) is 0 Å². The zero-order valence-electron chi connectivity index (χ0n) is 5.42. The molecule has 4 N–H and O–H groups in total. The van der Waals surface area contributed by atoms with Crippen LogP contribution in [0.25, 0.3) is 0 Å². The van der Waals surface area contributed by atoms with Crippen molar-refractivity contribution in [1.82, 2.24) is 0 Å². The SMILES string of the molecule is O=P(O)(O)OCC(O)CO.[Mn+2]. The maximum atomic E-state index is 9.93. The molecule has 0 spiro atoms. The number of phosphoric acid groups is 1. The average molecular weight is 227 g/mol. The fourth-order valence-corrected chi connectivity index (χ4v) is 0.602. The van der Waals surface area contributed by atoms with E-state index in [0.29, 0.717) is 0 Å². The fourth-order valence-electron chi connectivity index (χ4n) is 0.236. The molecule has 0 aliphatic carbocycles. The quantitative estimate of drug-likeness (QED) is 0.342. The minimum Gasteiger partial charge on any atom is -0.394 e. The molecule has 1 atom stereocenters. The molecule has 0 aromatic rings. The first kappa shape index (κ1) is 14.1. The summed E-state index contributed by atoms with van der Waals surface area (Å²) in [5.74, 6) is 0. The van der Waals surface area contributed by atoms with Gasteiger partial charge in [0.25, 0.3) is 0 Å². The van der Waals surface area contributed by atoms with Gasteiger partial charge in [-0.25, -0.2) is 4.57 Å². The molecule has 67 valence electrons. The standard InChI is InChI=1S/C3H9O6P.Mn/c4-1-3(5)2-9-10(6,7)8;/h3-5H,1-2H2,(H2,6,7,8);/q;+2. The maximum Gasteiger partial charge on any atom is 2.00 e. The van der Waals surface area contributed by atoms with E-state index in [1.54, 1.807) is 0 Å². The van der Waals surface area contributed by atoms with Gasteiger partial charge in [-0.15, -0.1) is 0 Å². The molecule has 0 fully saturated rings. The summed E-state index contributed by atoms with van der Waals surface area (Å²) in [5.41, 5.74) is 0. The van der Waals surface area contributed by atoms with Crippen molar-refractivity contribution in [3.05, 3.63) is 0 Å². The summed E-state index contributed by atoms with van der Waals surface area (Å²) >= 11 is 0. The van der Waals surface area contributed by atoms with Gasteiger partial charge in [-0.2, -0.15) is 0 Å². The van der Waals surface area contributed by atoms with Crippen LogP contribution in [0.2, 0.25) is 0 Å². The van der Waals surface area contributed by atoms with Crippen molar-refractivity contribution in [3.63, 3.8) is 0 Å². The summed E-state index contributed by atoms with van der Waals surface area (Å²) in [6.45, 7) is -1.15. The monoisotopic (exact) mass is 227 g/mol. The zero-order chi connectivity index (χ0) is 8.20. The van der Waals surface area contributed by atoms with E-state index in [0.717, 1.165) is 0 Å². The van der Waals surface area contributed by atoms with Crippen LogP contribution in [0.3, 0.4) is 0 Å². The Balaban J connectivity index is 0. The summed E-state index contributed by atoms with van der Waals surface area (Å²) in [7, 11) is -4.50. The molecule has 0 rings (SSSR count). The Morgan fingerprint density at radius 2 is 1.91 bits per heavy atom. The van der Waals surface area contributed by atoms with Crippen molar-refractivity contribution >= 4 is 7.82 Å². The van der Waals surface area contributed by atoms with Crippen LogP contribution in [0.4, 0.5) is 0 Å². The van der Waals surface area contributed by atoms with Crippen LogP contribution in [-0.2, 0) is 26.2 Å². The number of aliphatic hydroxyl groups excluding tert-OH is 2. The van der Waals surface area contributed by atoms with Crippen molar-refractivity contribution in [1.29, 1.82) is 0 Å². The Morgan fingerprint density at radius 1 is 1.45 bits per heavy atom. The molecule has 0 amide bonds. The summed E-state index contributed by atoms with van der Waals surface area (Å²) in [4.78, 5) is 16.1. The molecule has 6 nitrogen and oxygen atoms in total. The number of hydrogen-bond donors (Lipinski definition) is 4. The van der Waals surface area contributed by atoms with Gasteiger partial charge in [-0.3, -0.25) is 4.52 Å². The van der Waals surface area contributed by atoms with Gasteiger partial charge < -0.3 is 20.0 Å². The molecule has 0 aliphatic heterocycles. The predicted molar refractivity (Wildman–Crippen MR) is 31.1 cm³/mol. The van der Waals surface area contributed by atoms with Crippen LogP contribution < -0.4 is 0 Å². The molecule has 0 saturated carbocycles. The first-order valence-electron chi connectivity index (χ1n) is 2.44. The largest absolute Gasteiger partial charge is 2.00 e. The molecule has 0 aromatic carbocycles. The fraction of sp³-hybridized carbons (Fsp3) is 1.00. The molecular weight excluding hydrogens is 218 g/mol. The number of rotatable bonds is 4. The topological polar surface area (TPSA) is 107 Å². The smallest absolute Gasteiger partial charge is 0.394 e. The van der Waals surface area contributed by atoms with E-state index in [1.165, 1.54) is 0 Å². The second-order valence-electron chi connectivity index (χ2n) is 1.62. The zero-order valence-corrected chi connectivity index (χ0v) is 7.50. The first-order chi connectivity index (χ1) is 4.45. The van der Waals surface area contributed by atoms with E-state index < -0.39 is 27.1 Å². The number of aliphatic hydroxyl groups is 2. The Hall–Kier alpha value is 0.549. The molecule has 8 heteroatoms. The minimum absolute atomic E-state index is 0. The van der Waals surface area contributed by atoms with Gasteiger partial charge in [0.05, 0.1) is 13.2 Å². The molecule has 0 aliphatic rings. The van der Waals surface area contributed by atoms with Crippen molar-refractivity contribution in [2.24, 2.45) is 0 Å². The summed E-state index contributed by atoms with van der Waals surface area (Å²) in [6, 6.07) is 0. The molecule has 0 aromatic heterocycles. The molecule has 1 radical (unpaired) electrons. The average Bonchev–Trinajstić information content (AvgIpc) is 1.81. The Kier molecular flexibility index (Phi) is 7.83. The second-order valence-corrected chi connectivity index (χ2v) is 2.86. The van der Waals surface area contributed by atoms with Crippen molar-refractivity contribution < 1.29 is 46.2 Å². The number of phosphoric ester groups is 1. The van der Waals surface area contributed by atoms with Crippen LogP contribution in [0.5, 0.6) is 0 Å². The van der Waals surface area contributed by atoms with Crippen LogP contribution >= 0.6 is 7.82 Å². The van der Waals surface area contributed by atoms with E-state index in [-0.39, 0.29) is 17.1 Å². The predicted octanol–water partition coefficient (Wildman–Crippen LogP) is -1.55. The Morgan fingerprint density at radius 3 is 2.18 bits per heavy atom. The van der Waals surface area contributed by atoms with E-state index in [9.17, 15) is 4.57 Å². The van der Waals surface area contributed by atoms with Crippen LogP contribution in [0.15, 0.2) is 0 Å². The minimum atomic E-state index is -4.50. The second kappa shape index (κ2) is 6.11. The Labute approximate surface area is 73.9 Å². The van der Waals surface area contributed by atoms with E-state index >= 15 is 0 Å². The van der Waals surface area contributed by atoms with Crippen molar-refractivity contribution in [3.8, 4) is 0 Å². The maximum absolute atomic E-state index is 9.93. The first-order valence-corrected chi connectivity index (χ1v) is 3.98. The third kappa shape index (κ3) is 10.5. The summed E-state index contributed by atoms with van der Waals surface area (Å²) in [5, 5.41) is 16.7. The molecule has 1 unspecified atom stereocenters. The third-order valence-corrected chi connectivity index (χ3v) is 1.13. The summed E-state index contributed by atoms with van der Waals surface area (Å²) in [6.07, 6.45) is -1.24. The van der Waals surface area contributed by atoms with Crippen LogP contribution in [-0.4, -0.2) is 39.3 Å². The van der Waals surface area contributed by atoms with Crippen molar-refractivity contribution in [2.75, 3.05) is 13.2 Å². The molecule has 0 bridgehead atoms. The normalized spacial score (nSPS) is 13.8. The van der Waals surface area contributed by atoms with E-state index in [4.69, 9.17) is 20.0 Å². The van der Waals surface area contributed by atoms with E-state index in [1.807, 2.05) is 0 Å². The van der Waals surface area contributed by atoms with Crippen LogP contribution in [0, 0.1) is 0 Å². The molecule has 11 heavy (non-hydrogen) atoms. The van der Waals surface area contributed by atoms with Gasteiger partial charge in [0.15, 0.2) is 0 Å². The summed E-state index contributed by atoms with van der Waals surface area (Å²) < 4.78 is 13.8. The van der Waals surface area contributed by atoms with Gasteiger partial charge in [-0.05, 0) is 0 Å². The molecule has 0 heterocycles. The molecule has 0 saturated heterocycles. The number of hydrogen-bond acceptors (Lipinski definition) is 4.